The average molecular weight is 371 g/mol. The van der Waals surface area contributed by atoms with Crippen molar-refractivity contribution >= 4 is 46.2 Å². The molecule has 1 N–H and O–H groups in total. The number of carbonyl (C=O) groups is 1. The molecule has 128 valence electrons. The molecule has 2 aromatic rings. The van der Waals surface area contributed by atoms with E-state index in [2.05, 4.69) is 29.4 Å². The summed E-state index contributed by atoms with van der Waals surface area (Å²) in [6.07, 6.45) is 5.31. The number of aliphatic imine (C=N–C) groups is 1. The number of unbranched alkanes of at least 4 members (excludes halogenated alkanes) is 1. The van der Waals surface area contributed by atoms with Gasteiger partial charge in [0.1, 0.15) is 0 Å². The minimum atomic E-state index is -0.127. The lowest BCUT2D eigenvalue weighted by atomic mass is 10.1. The molecule has 1 saturated heterocycles. The molecule has 3 nitrogen and oxygen atoms in total. The molecule has 25 heavy (non-hydrogen) atoms. The van der Waals surface area contributed by atoms with Crippen LogP contribution in [0.15, 0.2) is 58.4 Å². The Morgan fingerprint density at radius 2 is 1.84 bits per heavy atom. The molecule has 0 radical (unpaired) electrons. The van der Waals surface area contributed by atoms with E-state index in [1.165, 1.54) is 30.2 Å². The van der Waals surface area contributed by atoms with Crippen molar-refractivity contribution in [3.8, 4) is 0 Å². The van der Waals surface area contributed by atoms with E-state index in [1.54, 1.807) is 12.1 Å². The molecule has 1 aliphatic rings. The van der Waals surface area contributed by atoms with Crippen LogP contribution in [-0.4, -0.2) is 11.1 Å². The van der Waals surface area contributed by atoms with Crippen LogP contribution in [0.1, 0.15) is 30.9 Å². The number of nitrogens with one attached hydrogen (secondary N) is 1. The van der Waals surface area contributed by atoms with Gasteiger partial charge in [0.05, 0.1) is 10.6 Å². The van der Waals surface area contributed by atoms with Crippen LogP contribution < -0.4 is 5.32 Å². The normalized spacial score (nSPS) is 17.3. The number of rotatable bonds is 5. The summed E-state index contributed by atoms with van der Waals surface area (Å²) >= 11 is 7.23. The number of nitrogens with zero attached hydrogens (tertiary/aromatic N) is 1. The number of carbonyl (C=O) groups excluding carboxylic acids is 1. The van der Waals surface area contributed by atoms with Gasteiger partial charge in [0, 0.05) is 5.02 Å². The van der Waals surface area contributed by atoms with Crippen LogP contribution in [0.3, 0.4) is 0 Å². The molecule has 0 bridgehead atoms. The quantitative estimate of drug-likeness (QED) is 0.698. The van der Waals surface area contributed by atoms with Crippen molar-refractivity contribution < 1.29 is 4.79 Å². The molecule has 1 fully saturated rings. The Hall–Kier alpha value is -2.04. The minimum absolute atomic E-state index is 0.127. The average Bonchev–Trinajstić information content (AvgIpc) is 2.95. The molecule has 0 atom stereocenters. The zero-order chi connectivity index (χ0) is 17.6. The predicted octanol–water partition coefficient (Wildman–Crippen LogP) is 5.57. The molecule has 0 aliphatic carbocycles. The largest absolute Gasteiger partial charge is 0.300 e. The van der Waals surface area contributed by atoms with Crippen molar-refractivity contribution in [2.75, 3.05) is 0 Å². The van der Waals surface area contributed by atoms with E-state index >= 15 is 0 Å². The topological polar surface area (TPSA) is 41.5 Å². The fraction of sp³-hybridized carbons (Fsp3) is 0.200. The predicted molar refractivity (Wildman–Crippen MR) is 107 cm³/mol. The maximum absolute atomic E-state index is 12.1. The molecule has 0 spiro atoms. The first-order chi connectivity index (χ1) is 12.1. The number of amides is 1. The zero-order valence-corrected chi connectivity index (χ0v) is 15.5. The first kappa shape index (κ1) is 17.8. The smallest absolute Gasteiger partial charge is 0.264 e. The van der Waals surface area contributed by atoms with Gasteiger partial charge in [0.25, 0.3) is 5.91 Å². The maximum atomic E-state index is 12.1. The SMILES string of the molecule is CCCCc1ccc(N=C2NC(=O)/C(=C/c3ccc(Cl)cc3)S2)cc1. The first-order valence-electron chi connectivity index (χ1n) is 8.28. The Bertz CT molecular complexity index is 811. The summed E-state index contributed by atoms with van der Waals surface area (Å²) in [5.41, 5.74) is 3.09. The molecular formula is C20H19ClN2OS. The van der Waals surface area contributed by atoms with Crippen molar-refractivity contribution in [3.63, 3.8) is 0 Å². The van der Waals surface area contributed by atoms with Crippen molar-refractivity contribution in [2.24, 2.45) is 4.99 Å². The Balaban J connectivity index is 1.71. The van der Waals surface area contributed by atoms with Gasteiger partial charge in [-0.05, 0) is 66.1 Å². The standard InChI is InChI=1S/C20H19ClN2OS/c1-2-3-4-14-7-11-17(12-8-14)22-20-23-19(24)18(25-20)13-15-5-9-16(21)10-6-15/h5-13H,2-4H2,1H3,(H,22,23,24)/b18-13-. The van der Waals surface area contributed by atoms with E-state index in [-0.39, 0.29) is 5.91 Å². The van der Waals surface area contributed by atoms with Gasteiger partial charge in [-0.2, -0.15) is 0 Å². The molecule has 0 aromatic heterocycles. The van der Waals surface area contributed by atoms with Gasteiger partial charge in [-0.15, -0.1) is 0 Å². The summed E-state index contributed by atoms with van der Waals surface area (Å²) < 4.78 is 0. The van der Waals surface area contributed by atoms with E-state index in [0.717, 1.165) is 17.7 Å². The van der Waals surface area contributed by atoms with Crippen LogP contribution in [0.2, 0.25) is 5.02 Å². The highest BCUT2D eigenvalue weighted by molar-refractivity contribution is 8.18. The minimum Gasteiger partial charge on any atom is -0.300 e. The maximum Gasteiger partial charge on any atom is 0.264 e. The number of hydrogen-bond donors (Lipinski definition) is 1. The van der Waals surface area contributed by atoms with Crippen molar-refractivity contribution in [2.45, 2.75) is 26.2 Å². The second-order valence-corrected chi connectivity index (χ2v) is 7.27. The van der Waals surface area contributed by atoms with E-state index < -0.39 is 0 Å². The fourth-order valence-electron chi connectivity index (χ4n) is 2.43. The van der Waals surface area contributed by atoms with E-state index in [9.17, 15) is 4.79 Å². The van der Waals surface area contributed by atoms with Gasteiger partial charge in [-0.3, -0.25) is 4.79 Å². The Morgan fingerprint density at radius 3 is 2.52 bits per heavy atom. The van der Waals surface area contributed by atoms with Crippen LogP contribution >= 0.6 is 23.4 Å². The number of hydrogen-bond acceptors (Lipinski definition) is 3. The van der Waals surface area contributed by atoms with Crippen molar-refractivity contribution in [1.82, 2.24) is 5.32 Å². The van der Waals surface area contributed by atoms with Gasteiger partial charge in [-0.1, -0.05) is 49.2 Å². The third kappa shape index (κ3) is 4.97. The molecule has 2 aromatic carbocycles. The fourth-order valence-corrected chi connectivity index (χ4v) is 3.39. The van der Waals surface area contributed by atoms with Crippen LogP contribution in [0.25, 0.3) is 6.08 Å². The lowest BCUT2D eigenvalue weighted by Gasteiger charge is -2.01. The second kappa shape index (κ2) is 8.37. The lowest BCUT2D eigenvalue weighted by molar-refractivity contribution is -0.115. The summed E-state index contributed by atoms with van der Waals surface area (Å²) in [6.45, 7) is 2.19. The lowest BCUT2D eigenvalue weighted by Crippen LogP contribution is -2.19. The monoisotopic (exact) mass is 370 g/mol. The summed E-state index contributed by atoms with van der Waals surface area (Å²) in [6, 6.07) is 15.6. The number of thioether (sulfide) groups is 1. The van der Waals surface area contributed by atoms with Gasteiger partial charge in [0.15, 0.2) is 5.17 Å². The highest BCUT2D eigenvalue weighted by atomic mass is 35.5. The van der Waals surface area contributed by atoms with Crippen LogP contribution in [0, 0.1) is 0 Å². The molecule has 3 rings (SSSR count). The van der Waals surface area contributed by atoms with Crippen LogP contribution in [0.4, 0.5) is 5.69 Å². The summed E-state index contributed by atoms with van der Waals surface area (Å²) in [5.74, 6) is -0.127. The molecule has 1 amide bonds. The summed E-state index contributed by atoms with van der Waals surface area (Å²) in [7, 11) is 0. The van der Waals surface area contributed by atoms with Crippen molar-refractivity contribution in [1.29, 1.82) is 0 Å². The molecule has 1 heterocycles. The number of aryl methyl sites for hydroxylation is 1. The van der Waals surface area contributed by atoms with Gasteiger partial charge in [-0.25, -0.2) is 4.99 Å². The highest BCUT2D eigenvalue weighted by Crippen LogP contribution is 2.28. The molecule has 0 saturated carbocycles. The summed E-state index contributed by atoms with van der Waals surface area (Å²) in [5, 5.41) is 4.09. The van der Waals surface area contributed by atoms with E-state index in [0.29, 0.717) is 15.1 Å². The zero-order valence-electron chi connectivity index (χ0n) is 14.0. The second-order valence-electron chi connectivity index (χ2n) is 5.80. The number of benzene rings is 2. The summed E-state index contributed by atoms with van der Waals surface area (Å²) in [4.78, 5) is 17.3. The third-order valence-corrected chi connectivity index (χ3v) is 4.97. The Kier molecular flexibility index (Phi) is 5.95. The van der Waals surface area contributed by atoms with Crippen LogP contribution in [0.5, 0.6) is 0 Å². The van der Waals surface area contributed by atoms with E-state index in [4.69, 9.17) is 11.6 Å². The van der Waals surface area contributed by atoms with Gasteiger partial charge in [0.2, 0.25) is 0 Å². The Labute approximate surface area is 157 Å². The van der Waals surface area contributed by atoms with E-state index in [1.807, 2.05) is 30.3 Å². The van der Waals surface area contributed by atoms with Gasteiger partial charge < -0.3 is 5.32 Å². The van der Waals surface area contributed by atoms with Gasteiger partial charge >= 0.3 is 0 Å². The highest BCUT2D eigenvalue weighted by Gasteiger charge is 2.23. The van der Waals surface area contributed by atoms with Crippen LogP contribution in [-0.2, 0) is 11.2 Å². The first-order valence-corrected chi connectivity index (χ1v) is 9.47. The number of amidine groups is 1. The Morgan fingerprint density at radius 1 is 1.12 bits per heavy atom. The molecule has 0 unspecified atom stereocenters. The molecular weight excluding hydrogens is 352 g/mol. The molecule has 1 aliphatic heterocycles. The molecule has 5 heteroatoms. The third-order valence-electron chi connectivity index (χ3n) is 3.80. The van der Waals surface area contributed by atoms with Crippen molar-refractivity contribution in [3.05, 3.63) is 69.6 Å². The number of halogens is 1.